The van der Waals surface area contributed by atoms with Crippen LogP contribution >= 0.6 is 0 Å². The number of aryl methyl sites for hydroxylation is 2. The van der Waals surface area contributed by atoms with Crippen LogP contribution in [0.2, 0.25) is 0 Å². The SMILES string of the molecule is Cc1ccc2c(c1)c1cc(C)ccc1n2-c1ccc(-c2nc(-c3ccccc3)cc(-c3ccccc3)n2)cc1. The van der Waals surface area contributed by atoms with Crippen molar-refractivity contribution in [1.82, 2.24) is 14.5 Å². The van der Waals surface area contributed by atoms with Crippen molar-refractivity contribution in [3.8, 4) is 39.6 Å². The Balaban J connectivity index is 1.37. The van der Waals surface area contributed by atoms with Gasteiger partial charge in [0, 0.05) is 33.2 Å². The first-order valence-electron chi connectivity index (χ1n) is 13.3. The molecule has 0 aliphatic rings. The van der Waals surface area contributed by atoms with Crippen molar-refractivity contribution in [3.63, 3.8) is 0 Å². The van der Waals surface area contributed by atoms with E-state index in [4.69, 9.17) is 9.97 Å². The number of rotatable bonds is 4. The molecule has 0 spiro atoms. The highest BCUT2D eigenvalue weighted by Crippen LogP contribution is 2.34. The Bertz CT molecular complexity index is 1830. The summed E-state index contributed by atoms with van der Waals surface area (Å²) in [5.41, 5.74) is 11.0. The number of nitrogens with zero attached hydrogens (tertiary/aromatic N) is 3. The Morgan fingerprint density at radius 1 is 0.462 bits per heavy atom. The second kappa shape index (κ2) is 9.38. The molecule has 0 atom stereocenters. The zero-order chi connectivity index (χ0) is 26.3. The first-order chi connectivity index (χ1) is 19.1. The number of hydrogen-bond donors (Lipinski definition) is 0. The van der Waals surface area contributed by atoms with Gasteiger partial charge in [-0.3, -0.25) is 0 Å². The summed E-state index contributed by atoms with van der Waals surface area (Å²) >= 11 is 0. The molecule has 0 amide bonds. The molecule has 0 fully saturated rings. The van der Waals surface area contributed by atoms with Gasteiger partial charge in [-0.15, -0.1) is 0 Å². The molecule has 0 saturated carbocycles. The van der Waals surface area contributed by atoms with Crippen LogP contribution in [-0.2, 0) is 0 Å². The lowest BCUT2D eigenvalue weighted by atomic mass is 10.1. The molecular formula is C36H27N3. The van der Waals surface area contributed by atoms with Crippen molar-refractivity contribution in [1.29, 1.82) is 0 Å². The van der Waals surface area contributed by atoms with Gasteiger partial charge < -0.3 is 4.57 Å². The molecule has 3 nitrogen and oxygen atoms in total. The molecule has 0 aliphatic carbocycles. The summed E-state index contributed by atoms with van der Waals surface area (Å²) in [4.78, 5) is 9.99. The lowest BCUT2D eigenvalue weighted by Crippen LogP contribution is -1.97. The lowest BCUT2D eigenvalue weighted by molar-refractivity contribution is 1.16. The zero-order valence-corrected chi connectivity index (χ0v) is 22.0. The fourth-order valence-electron chi connectivity index (χ4n) is 5.38. The van der Waals surface area contributed by atoms with Crippen LogP contribution in [0.4, 0.5) is 0 Å². The fraction of sp³-hybridized carbons (Fsp3) is 0.0556. The van der Waals surface area contributed by atoms with Crippen LogP contribution in [0.3, 0.4) is 0 Å². The Hall–Kier alpha value is -5.02. The topological polar surface area (TPSA) is 30.7 Å². The monoisotopic (exact) mass is 501 g/mol. The van der Waals surface area contributed by atoms with Crippen molar-refractivity contribution in [2.75, 3.05) is 0 Å². The summed E-state index contributed by atoms with van der Waals surface area (Å²) < 4.78 is 2.35. The Morgan fingerprint density at radius 3 is 1.44 bits per heavy atom. The third-order valence-electron chi connectivity index (χ3n) is 7.33. The quantitative estimate of drug-likeness (QED) is 0.241. The van der Waals surface area contributed by atoms with Crippen LogP contribution in [0.5, 0.6) is 0 Å². The first kappa shape index (κ1) is 23.1. The van der Waals surface area contributed by atoms with Crippen LogP contribution in [0, 0.1) is 13.8 Å². The maximum absolute atomic E-state index is 4.99. The van der Waals surface area contributed by atoms with Crippen LogP contribution in [0.15, 0.2) is 127 Å². The van der Waals surface area contributed by atoms with Crippen LogP contribution in [-0.4, -0.2) is 14.5 Å². The highest BCUT2D eigenvalue weighted by Gasteiger charge is 2.14. The molecule has 39 heavy (non-hydrogen) atoms. The second-order valence-corrected chi connectivity index (χ2v) is 10.1. The molecule has 0 radical (unpaired) electrons. The van der Waals surface area contributed by atoms with Crippen LogP contribution in [0.1, 0.15) is 11.1 Å². The fourth-order valence-corrected chi connectivity index (χ4v) is 5.38. The van der Waals surface area contributed by atoms with Gasteiger partial charge in [-0.05, 0) is 68.4 Å². The van der Waals surface area contributed by atoms with E-state index >= 15 is 0 Å². The molecule has 3 heteroatoms. The van der Waals surface area contributed by atoms with Crippen LogP contribution in [0.25, 0.3) is 61.4 Å². The second-order valence-electron chi connectivity index (χ2n) is 10.1. The predicted molar refractivity (Wildman–Crippen MR) is 162 cm³/mol. The highest BCUT2D eigenvalue weighted by molar-refractivity contribution is 6.09. The van der Waals surface area contributed by atoms with E-state index in [2.05, 4.69) is 109 Å². The maximum Gasteiger partial charge on any atom is 0.160 e. The largest absolute Gasteiger partial charge is 0.309 e. The molecule has 2 heterocycles. The third-order valence-corrected chi connectivity index (χ3v) is 7.33. The van der Waals surface area contributed by atoms with Gasteiger partial charge in [0.05, 0.1) is 22.4 Å². The maximum atomic E-state index is 4.99. The van der Waals surface area contributed by atoms with E-state index in [1.807, 2.05) is 36.4 Å². The van der Waals surface area contributed by atoms with Gasteiger partial charge in [-0.2, -0.15) is 0 Å². The Labute approximate surface area is 228 Å². The smallest absolute Gasteiger partial charge is 0.160 e. The Morgan fingerprint density at radius 2 is 0.949 bits per heavy atom. The zero-order valence-electron chi connectivity index (χ0n) is 22.0. The lowest BCUT2D eigenvalue weighted by Gasteiger charge is -2.11. The summed E-state index contributed by atoms with van der Waals surface area (Å²) in [5.74, 6) is 0.718. The average Bonchev–Trinajstić information content (AvgIpc) is 3.30. The Kier molecular flexibility index (Phi) is 5.56. The average molecular weight is 502 g/mol. The van der Waals surface area contributed by atoms with Gasteiger partial charge >= 0.3 is 0 Å². The number of fused-ring (bicyclic) bond motifs is 3. The number of benzene rings is 5. The minimum atomic E-state index is 0.718. The van der Waals surface area contributed by atoms with Gasteiger partial charge in [-0.1, -0.05) is 83.9 Å². The summed E-state index contributed by atoms with van der Waals surface area (Å²) in [7, 11) is 0. The molecule has 0 bridgehead atoms. The van der Waals surface area contributed by atoms with E-state index in [-0.39, 0.29) is 0 Å². The van der Waals surface area contributed by atoms with E-state index in [1.54, 1.807) is 0 Å². The van der Waals surface area contributed by atoms with Gasteiger partial charge in [-0.25, -0.2) is 9.97 Å². The predicted octanol–water partition coefficient (Wildman–Crippen LogP) is 9.19. The molecule has 2 aromatic heterocycles. The van der Waals surface area contributed by atoms with E-state index in [1.165, 1.54) is 32.9 Å². The summed E-state index contributed by atoms with van der Waals surface area (Å²) in [6, 6.07) is 44.7. The van der Waals surface area contributed by atoms with Gasteiger partial charge in [0.15, 0.2) is 5.82 Å². The molecule has 7 rings (SSSR count). The molecule has 0 saturated heterocycles. The van der Waals surface area contributed by atoms with Crippen molar-refractivity contribution < 1.29 is 0 Å². The molecular weight excluding hydrogens is 474 g/mol. The summed E-state index contributed by atoms with van der Waals surface area (Å²) in [6.07, 6.45) is 0. The number of aromatic nitrogens is 3. The van der Waals surface area contributed by atoms with Gasteiger partial charge in [0.25, 0.3) is 0 Å². The van der Waals surface area contributed by atoms with Crippen molar-refractivity contribution in [3.05, 3.63) is 139 Å². The van der Waals surface area contributed by atoms with E-state index in [9.17, 15) is 0 Å². The molecule has 7 aromatic rings. The number of hydrogen-bond acceptors (Lipinski definition) is 2. The van der Waals surface area contributed by atoms with Gasteiger partial charge in [0.1, 0.15) is 0 Å². The molecule has 0 aliphatic heterocycles. The molecule has 186 valence electrons. The first-order valence-corrected chi connectivity index (χ1v) is 13.3. The van der Waals surface area contributed by atoms with E-state index in [0.29, 0.717) is 0 Å². The third kappa shape index (κ3) is 4.18. The van der Waals surface area contributed by atoms with Gasteiger partial charge in [0.2, 0.25) is 0 Å². The van der Waals surface area contributed by atoms with E-state index < -0.39 is 0 Å². The normalized spacial score (nSPS) is 11.3. The van der Waals surface area contributed by atoms with Crippen LogP contribution < -0.4 is 0 Å². The van der Waals surface area contributed by atoms with Crippen molar-refractivity contribution >= 4 is 21.8 Å². The van der Waals surface area contributed by atoms with Crippen molar-refractivity contribution in [2.45, 2.75) is 13.8 Å². The minimum absolute atomic E-state index is 0.718. The molecule has 0 unspecified atom stereocenters. The minimum Gasteiger partial charge on any atom is -0.309 e. The molecule has 5 aromatic carbocycles. The highest BCUT2D eigenvalue weighted by atomic mass is 15.0. The van der Waals surface area contributed by atoms with E-state index in [0.717, 1.165) is 39.6 Å². The summed E-state index contributed by atoms with van der Waals surface area (Å²) in [5, 5.41) is 2.56. The molecule has 0 N–H and O–H groups in total. The van der Waals surface area contributed by atoms with Crippen molar-refractivity contribution in [2.24, 2.45) is 0 Å². The standard InChI is InChI=1S/C36H27N3/c1-24-13-19-34-30(21-24)31-22-25(2)14-20-35(31)39(34)29-17-15-28(16-18-29)36-37-32(26-9-5-3-6-10-26)23-33(38-36)27-11-7-4-8-12-27/h3-23H,1-2H3. The summed E-state index contributed by atoms with van der Waals surface area (Å²) in [6.45, 7) is 4.31.